The first kappa shape index (κ1) is 18.4. The number of aldehydes is 1. The van der Waals surface area contributed by atoms with Crippen molar-refractivity contribution in [3.05, 3.63) is 87.1 Å². The van der Waals surface area contributed by atoms with Crippen LogP contribution in [0.1, 0.15) is 50.7 Å². The molecule has 1 aromatic heterocycles. The van der Waals surface area contributed by atoms with Crippen LogP contribution in [-0.2, 0) is 0 Å². The van der Waals surface area contributed by atoms with Crippen molar-refractivity contribution in [2.75, 3.05) is 6.61 Å². The van der Waals surface area contributed by atoms with E-state index in [0.29, 0.717) is 18.1 Å². The van der Waals surface area contributed by atoms with Crippen LogP contribution < -0.4 is 4.74 Å². The van der Waals surface area contributed by atoms with E-state index in [4.69, 9.17) is 4.74 Å². The standard InChI is InChI=1S/C23H24O2S/c1-17-7-10-20(15-18(17)2)22(23-6-4-14-26-23)5-3-13-25-21-11-8-19(16-24)9-12-21/h4,6-12,14-16,22H,3,5,13H2,1-2H3. The fourth-order valence-electron chi connectivity index (χ4n) is 3.06. The molecule has 2 nitrogen and oxygen atoms in total. The Bertz CT molecular complexity index is 835. The first-order chi connectivity index (χ1) is 12.7. The van der Waals surface area contributed by atoms with Gasteiger partial charge in [-0.3, -0.25) is 4.79 Å². The summed E-state index contributed by atoms with van der Waals surface area (Å²) in [4.78, 5) is 12.1. The van der Waals surface area contributed by atoms with Crippen LogP contribution in [0.25, 0.3) is 0 Å². The summed E-state index contributed by atoms with van der Waals surface area (Å²) < 4.78 is 5.84. The molecule has 0 N–H and O–H groups in total. The molecule has 1 atom stereocenters. The van der Waals surface area contributed by atoms with E-state index in [0.717, 1.165) is 24.9 Å². The molecular formula is C23H24O2S. The third-order valence-corrected chi connectivity index (χ3v) is 5.73. The summed E-state index contributed by atoms with van der Waals surface area (Å²) in [5.41, 5.74) is 4.73. The van der Waals surface area contributed by atoms with E-state index in [-0.39, 0.29) is 0 Å². The van der Waals surface area contributed by atoms with E-state index in [2.05, 4.69) is 49.6 Å². The summed E-state index contributed by atoms with van der Waals surface area (Å²) in [6.45, 7) is 5.01. The van der Waals surface area contributed by atoms with Gasteiger partial charge in [0.15, 0.2) is 0 Å². The highest BCUT2D eigenvalue weighted by molar-refractivity contribution is 7.10. The van der Waals surface area contributed by atoms with Crippen molar-refractivity contribution in [1.82, 2.24) is 0 Å². The fourth-order valence-corrected chi connectivity index (χ4v) is 3.95. The maximum Gasteiger partial charge on any atom is 0.150 e. The Morgan fingerprint density at radius 2 is 1.85 bits per heavy atom. The molecule has 0 aliphatic carbocycles. The second-order valence-electron chi connectivity index (χ2n) is 6.59. The second-order valence-corrected chi connectivity index (χ2v) is 7.57. The van der Waals surface area contributed by atoms with Crippen LogP contribution in [-0.4, -0.2) is 12.9 Å². The molecule has 0 saturated heterocycles. The van der Waals surface area contributed by atoms with E-state index in [9.17, 15) is 4.79 Å². The van der Waals surface area contributed by atoms with Crippen molar-refractivity contribution >= 4 is 17.6 Å². The monoisotopic (exact) mass is 364 g/mol. The van der Waals surface area contributed by atoms with Crippen LogP contribution in [0, 0.1) is 13.8 Å². The lowest BCUT2D eigenvalue weighted by molar-refractivity contribution is 0.112. The van der Waals surface area contributed by atoms with Crippen molar-refractivity contribution in [2.24, 2.45) is 0 Å². The number of rotatable bonds is 8. The van der Waals surface area contributed by atoms with Crippen molar-refractivity contribution in [1.29, 1.82) is 0 Å². The fraction of sp³-hybridized carbons (Fsp3) is 0.261. The van der Waals surface area contributed by atoms with Crippen LogP contribution in [0.3, 0.4) is 0 Å². The molecule has 1 unspecified atom stereocenters. The summed E-state index contributed by atoms with van der Waals surface area (Å²) >= 11 is 1.82. The Labute approximate surface area is 159 Å². The highest BCUT2D eigenvalue weighted by atomic mass is 32.1. The van der Waals surface area contributed by atoms with Crippen LogP contribution in [0.15, 0.2) is 60.0 Å². The predicted octanol–water partition coefficient (Wildman–Crippen LogP) is 6.17. The maximum atomic E-state index is 10.7. The van der Waals surface area contributed by atoms with Crippen LogP contribution in [0.4, 0.5) is 0 Å². The van der Waals surface area contributed by atoms with Gasteiger partial charge < -0.3 is 4.74 Å². The Balaban J connectivity index is 1.63. The van der Waals surface area contributed by atoms with Crippen molar-refractivity contribution in [2.45, 2.75) is 32.6 Å². The van der Waals surface area contributed by atoms with Crippen LogP contribution >= 0.6 is 11.3 Å². The zero-order valence-electron chi connectivity index (χ0n) is 15.3. The molecule has 0 aliphatic heterocycles. The molecule has 2 aromatic carbocycles. The molecule has 0 fully saturated rings. The molecule has 134 valence electrons. The van der Waals surface area contributed by atoms with Crippen molar-refractivity contribution in [3.8, 4) is 5.75 Å². The maximum absolute atomic E-state index is 10.7. The Morgan fingerprint density at radius 1 is 1.04 bits per heavy atom. The lowest BCUT2D eigenvalue weighted by Gasteiger charge is -2.18. The van der Waals surface area contributed by atoms with E-state index in [1.807, 2.05) is 23.5 Å². The topological polar surface area (TPSA) is 26.3 Å². The third-order valence-electron chi connectivity index (χ3n) is 4.74. The Morgan fingerprint density at radius 3 is 2.50 bits per heavy atom. The molecule has 3 rings (SSSR count). The van der Waals surface area contributed by atoms with Gasteiger partial charge in [0.05, 0.1) is 6.61 Å². The molecular weight excluding hydrogens is 340 g/mol. The van der Waals surface area contributed by atoms with E-state index < -0.39 is 0 Å². The minimum atomic E-state index is 0.412. The van der Waals surface area contributed by atoms with Gasteiger partial charge in [0.1, 0.15) is 12.0 Å². The minimum Gasteiger partial charge on any atom is -0.494 e. The molecule has 3 aromatic rings. The molecule has 0 spiro atoms. The zero-order chi connectivity index (χ0) is 18.4. The van der Waals surface area contributed by atoms with Gasteiger partial charge in [-0.1, -0.05) is 24.3 Å². The molecule has 0 aliphatic rings. The molecule has 3 heteroatoms. The molecule has 0 radical (unpaired) electrons. The molecule has 0 amide bonds. The first-order valence-corrected chi connectivity index (χ1v) is 9.84. The highest BCUT2D eigenvalue weighted by Crippen LogP contribution is 2.33. The van der Waals surface area contributed by atoms with Gasteiger partial charge in [0.2, 0.25) is 0 Å². The summed E-state index contributed by atoms with van der Waals surface area (Å²) in [6.07, 6.45) is 2.87. The lowest BCUT2D eigenvalue weighted by atomic mass is 9.90. The second kappa shape index (κ2) is 8.81. The molecule has 0 saturated carbocycles. The number of hydrogen-bond acceptors (Lipinski definition) is 3. The number of aryl methyl sites for hydroxylation is 2. The smallest absolute Gasteiger partial charge is 0.150 e. The van der Waals surface area contributed by atoms with Gasteiger partial charge in [0, 0.05) is 16.4 Å². The number of carbonyl (C=O) groups excluding carboxylic acids is 1. The van der Waals surface area contributed by atoms with Crippen LogP contribution in [0.5, 0.6) is 5.75 Å². The Hall–Kier alpha value is -2.39. The van der Waals surface area contributed by atoms with Gasteiger partial charge in [-0.05, 0) is 79.1 Å². The SMILES string of the molecule is Cc1ccc(C(CCCOc2ccc(C=O)cc2)c2cccs2)cc1C. The van der Waals surface area contributed by atoms with Crippen molar-refractivity contribution in [3.63, 3.8) is 0 Å². The summed E-state index contributed by atoms with van der Waals surface area (Å²) in [5.74, 6) is 1.23. The quantitative estimate of drug-likeness (QED) is 0.353. The van der Waals surface area contributed by atoms with Gasteiger partial charge in [-0.15, -0.1) is 11.3 Å². The average molecular weight is 365 g/mol. The van der Waals surface area contributed by atoms with E-state index in [1.54, 1.807) is 12.1 Å². The highest BCUT2D eigenvalue weighted by Gasteiger charge is 2.15. The number of carbonyl (C=O) groups is 1. The number of hydrogen-bond donors (Lipinski definition) is 0. The largest absolute Gasteiger partial charge is 0.494 e. The van der Waals surface area contributed by atoms with Gasteiger partial charge in [0.25, 0.3) is 0 Å². The number of benzene rings is 2. The van der Waals surface area contributed by atoms with Gasteiger partial charge in [-0.2, -0.15) is 0 Å². The summed E-state index contributed by atoms with van der Waals surface area (Å²) in [5, 5.41) is 2.15. The van der Waals surface area contributed by atoms with Crippen LogP contribution in [0.2, 0.25) is 0 Å². The zero-order valence-corrected chi connectivity index (χ0v) is 16.1. The number of thiophene rings is 1. The normalized spacial score (nSPS) is 11.9. The molecule has 26 heavy (non-hydrogen) atoms. The van der Waals surface area contributed by atoms with E-state index in [1.165, 1.54) is 21.6 Å². The van der Waals surface area contributed by atoms with E-state index >= 15 is 0 Å². The molecule has 0 bridgehead atoms. The Kier molecular flexibility index (Phi) is 6.24. The van der Waals surface area contributed by atoms with Gasteiger partial charge in [-0.25, -0.2) is 0 Å². The van der Waals surface area contributed by atoms with Crippen molar-refractivity contribution < 1.29 is 9.53 Å². The predicted molar refractivity (Wildman–Crippen MR) is 109 cm³/mol. The average Bonchev–Trinajstić information content (AvgIpc) is 3.19. The summed E-state index contributed by atoms with van der Waals surface area (Å²) in [7, 11) is 0. The lowest BCUT2D eigenvalue weighted by Crippen LogP contribution is -2.04. The number of ether oxygens (including phenoxy) is 1. The minimum absolute atomic E-state index is 0.412. The first-order valence-electron chi connectivity index (χ1n) is 8.96. The summed E-state index contributed by atoms with van der Waals surface area (Å²) in [6, 6.07) is 18.4. The van der Waals surface area contributed by atoms with Gasteiger partial charge >= 0.3 is 0 Å². The molecule has 1 heterocycles. The third kappa shape index (κ3) is 4.61.